The van der Waals surface area contributed by atoms with Crippen molar-refractivity contribution < 1.29 is 9.26 Å². The van der Waals surface area contributed by atoms with Crippen LogP contribution in [0.5, 0.6) is 5.75 Å². The fraction of sp³-hybridized carbons (Fsp3) is 0.263. The van der Waals surface area contributed by atoms with Crippen LogP contribution in [0, 0.1) is 0 Å². The lowest BCUT2D eigenvalue weighted by atomic mass is 10.0. The third-order valence-corrected chi connectivity index (χ3v) is 4.25. The van der Waals surface area contributed by atoms with E-state index < -0.39 is 0 Å². The third kappa shape index (κ3) is 3.77. The molecule has 1 aliphatic rings. The molecule has 3 aromatic rings. The van der Waals surface area contributed by atoms with Crippen molar-refractivity contribution >= 4 is 40.7 Å². The summed E-state index contributed by atoms with van der Waals surface area (Å²) >= 11 is 0. The summed E-state index contributed by atoms with van der Waals surface area (Å²) in [5.41, 5.74) is 1.72. The van der Waals surface area contributed by atoms with Gasteiger partial charge in [-0.3, -0.25) is 4.99 Å². The zero-order chi connectivity index (χ0) is 17.1. The van der Waals surface area contributed by atoms with Crippen LogP contribution in [0.3, 0.4) is 0 Å². The molecule has 0 unspecified atom stereocenters. The quantitative estimate of drug-likeness (QED) is 0.578. The van der Waals surface area contributed by atoms with E-state index in [1.165, 1.54) is 0 Å². The van der Waals surface area contributed by atoms with Crippen LogP contribution in [-0.4, -0.2) is 31.3 Å². The molecule has 2 aromatic carbocycles. The van der Waals surface area contributed by atoms with E-state index in [9.17, 15) is 0 Å². The number of aromatic nitrogens is 1. The monoisotopic (exact) mass is 464 g/mol. The van der Waals surface area contributed by atoms with Gasteiger partial charge in [-0.05, 0) is 23.3 Å². The van der Waals surface area contributed by atoms with Crippen molar-refractivity contribution in [1.82, 2.24) is 15.8 Å². The van der Waals surface area contributed by atoms with E-state index in [1.54, 1.807) is 7.11 Å². The second kappa shape index (κ2) is 8.39. The number of ether oxygens (including phenoxy) is 1. The van der Waals surface area contributed by atoms with Gasteiger partial charge < -0.3 is 19.9 Å². The van der Waals surface area contributed by atoms with Crippen molar-refractivity contribution in [3.05, 3.63) is 48.2 Å². The van der Waals surface area contributed by atoms with Gasteiger partial charge in [-0.15, -0.1) is 24.0 Å². The third-order valence-electron chi connectivity index (χ3n) is 4.25. The Bertz CT molecular complexity index is 923. The summed E-state index contributed by atoms with van der Waals surface area (Å²) in [6, 6.07) is 14.1. The van der Waals surface area contributed by atoms with Crippen LogP contribution in [0.25, 0.3) is 22.0 Å². The number of fused-ring (bicyclic) bond motifs is 1. The fourth-order valence-corrected chi connectivity index (χ4v) is 3.02. The first kappa shape index (κ1) is 18.5. The molecule has 0 bridgehead atoms. The highest BCUT2D eigenvalue weighted by Crippen LogP contribution is 2.36. The summed E-state index contributed by atoms with van der Waals surface area (Å²) in [6.07, 6.45) is 1.07. The first-order valence-electron chi connectivity index (χ1n) is 8.39. The Kier molecular flexibility index (Phi) is 5.97. The second-order valence-corrected chi connectivity index (χ2v) is 5.91. The number of aliphatic imine (C=N–C) groups is 1. The van der Waals surface area contributed by atoms with E-state index in [0.717, 1.165) is 59.0 Å². The van der Waals surface area contributed by atoms with Gasteiger partial charge in [-0.1, -0.05) is 35.5 Å². The number of hydrogen-bond acceptors (Lipinski definition) is 6. The average Bonchev–Trinajstić information content (AvgIpc) is 3.15. The molecule has 0 amide bonds. The van der Waals surface area contributed by atoms with Crippen LogP contribution < -0.4 is 15.4 Å². The molecule has 0 aliphatic carbocycles. The van der Waals surface area contributed by atoms with E-state index in [0.29, 0.717) is 6.54 Å². The predicted octanol–water partition coefficient (Wildman–Crippen LogP) is 3.56. The number of guanidine groups is 1. The fourth-order valence-electron chi connectivity index (χ4n) is 3.02. The lowest BCUT2D eigenvalue weighted by molar-refractivity contribution is 0.380. The number of methoxy groups -OCH3 is 1. The van der Waals surface area contributed by atoms with Crippen LogP contribution in [0.2, 0.25) is 0 Å². The van der Waals surface area contributed by atoms with Gasteiger partial charge in [0.05, 0.1) is 19.2 Å². The number of rotatable bonds is 4. The molecule has 0 saturated heterocycles. The van der Waals surface area contributed by atoms with Gasteiger partial charge in [0.1, 0.15) is 11.4 Å². The van der Waals surface area contributed by atoms with Gasteiger partial charge in [0.2, 0.25) is 0 Å². The zero-order valence-electron chi connectivity index (χ0n) is 14.5. The highest BCUT2D eigenvalue weighted by molar-refractivity contribution is 14.0. The SMILES string of the molecule is COc1ccc2ccccc2c1-c1cc(CNC2=NCCCN2)on1.I. The molecule has 1 aromatic heterocycles. The van der Waals surface area contributed by atoms with Crippen molar-refractivity contribution in [3.8, 4) is 17.0 Å². The molecule has 0 fully saturated rings. The smallest absolute Gasteiger partial charge is 0.191 e. The van der Waals surface area contributed by atoms with Gasteiger partial charge in [0.15, 0.2) is 11.7 Å². The number of halogens is 1. The first-order chi connectivity index (χ1) is 12.3. The molecule has 136 valence electrons. The molecule has 0 saturated carbocycles. The number of hydrogen-bond donors (Lipinski definition) is 2. The normalized spacial score (nSPS) is 13.5. The summed E-state index contributed by atoms with van der Waals surface area (Å²) in [4.78, 5) is 4.39. The Hall–Kier alpha value is -2.29. The maximum absolute atomic E-state index is 5.55. The van der Waals surface area contributed by atoms with Gasteiger partial charge in [0.25, 0.3) is 0 Å². The second-order valence-electron chi connectivity index (χ2n) is 5.91. The molecule has 7 heteroatoms. The van der Waals surface area contributed by atoms with Crippen LogP contribution >= 0.6 is 24.0 Å². The summed E-state index contributed by atoms with van der Waals surface area (Å²) < 4.78 is 11.1. The largest absolute Gasteiger partial charge is 0.496 e. The Labute approximate surface area is 169 Å². The standard InChI is InChI=1S/C19H20N4O2.HI/c1-24-17-8-7-13-5-2-3-6-15(13)18(17)16-11-14(25-23-16)12-22-19-20-9-4-10-21-19;/h2-3,5-8,11H,4,9-10,12H2,1H3,(H2,20,21,22);1H. The maximum atomic E-state index is 5.55. The molecule has 2 heterocycles. The van der Waals surface area contributed by atoms with Crippen molar-refractivity contribution in [1.29, 1.82) is 0 Å². The van der Waals surface area contributed by atoms with E-state index >= 15 is 0 Å². The molecule has 26 heavy (non-hydrogen) atoms. The Morgan fingerprint density at radius 1 is 1.23 bits per heavy atom. The number of nitrogens with one attached hydrogen (secondary N) is 2. The molecule has 6 nitrogen and oxygen atoms in total. The topological polar surface area (TPSA) is 71.7 Å². The summed E-state index contributed by atoms with van der Waals surface area (Å²) in [5, 5.41) is 13.0. The van der Waals surface area contributed by atoms with Crippen molar-refractivity contribution in [2.75, 3.05) is 20.2 Å². The highest BCUT2D eigenvalue weighted by atomic mass is 127. The molecule has 2 N–H and O–H groups in total. The minimum atomic E-state index is 0. The van der Waals surface area contributed by atoms with Crippen LogP contribution in [0.1, 0.15) is 12.2 Å². The van der Waals surface area contributed by atoms with Crippen molar-refractivity contribution in [3.63, 3.8) is 0 Å². The van der Waals surface area contributed by atoms with Crippen LogP contribution in [0.4, 0.5) is 0 Å². The summed E-state index contributed by atoms with van der Waals surface area (Å²) in [6.45, 7) is 2.33. The van der Waals surface area contributed by atoms with Gasteiger partial charge in [-0.25, -0.2) is 0 Å². The Morgan fingerprint density at radius 2 is 2.12 bits per heavy atom. The summed E-state index contributed by atoms with van der Waals surface area (Å²) in [5.74, 6) is 2.34. The molecular weight excluding hydrogens is 443 g/mol. The molecule has 4 rings (SSSR count). The van der Waals surface area contributed by atoms with E-state index in [2.05, 4.69) is 32.9 Å². The lowest BCUT2D eigenvalue weighted by Crippen LogP contribution is -2.40. The van der Waals surface area contributed by atoms with Crippen molar-refractivity contribution in [2.24, 2.45) is 4.99 Å². The number of nitrogens with zero attached hydrogens (tertiary/aromatic N) is 2. The minimum Gasteiger partial charge on any atom is -0.496 e. The zero-order valence-corrected chi connectivity index (χ0v) is 16.8. The molecular formula is C19H21IN4O2. The van der Waals surface area contributed by atoms with Gasteiger partial charge in [0, 0.05) is 19.2 Å². The maximum Gasteiger partial charge on any atom is 0.191 e. The molecule has 1 aliphatic heterocycles. The number of benzene rings is 2. The highest BCUT2D eigenvalue weighted by Gasteiger charge is 2.15. The van der Waals surface area contributed by atoms with E-state index in [1.807, 2.05) is 30.3 Å². The van der Waals surface area contributed by atoms with Crippen LogP contribution in [0.15, 0.2) is 52.0 Å². The van der Waals surface area contributed by atoms with Gasteiger partial charge in [-0.2, -0.15) is 0 Å². The summed E-state index contributed by atoms with van der Waals surface area (Å²) in [7, 11) is 1.67. The van der Waals surface area contributed by atoms with Crippen molar-refractivity contribution in [2.45, 2.75) is 13.0 Å². The van der Waals surface area contributed by atoms with E-state index in [4.69, 9.17) is 9.26 Å². The lowest BCUT2D eigenvalue weighted by Gasteiger charge is -2.14. The molecule has 0 spiro atoms. The minimum absolute atomic E-state index is 0. The van der Waals surface area contributed by atoms with E-state index in [-0.39, 0.29) is 24.0 Å². The Morgan fingerprint density at radius 3 is 2.92 bits per heavy atom. The molecule has 0 atom stereocenters. The average molecular weight is 464 g/mol. The van der Waals surface area contributed by atoms with Gasteiger partial charge >= 0.3 is 0 Å². The predicted molar refractivity (Wildman–Crippen MR) is 113 cm³/mol. The Balaban J connectivity index is 0.00000196. The first-order valence-corrected chi connectivity index (χ1v) is 8.39. The molecule has 0 radical (unpaired) electrons. The van der Waals surface area contributed by atoms with Crippen LogP contribution in [-0.2, 0) is 6.54 Å².